The predicted octanol–water partition coefficient (Wildman–Crippen LogP) is 2.90. The molecule has 1 aromatic carbocycles. The quantitative estimate of drug-likeness (QED) is 0.845. The summed E-state index contributed by atoms with van der Waals surface area (Å²) in [5.41, 5.74) is 1.80. The van der Waals surface area contributed by atoms with Gasteiger partial charge >= 0.3 is 6.18 Å². The normalized spacial score (nSPS) is 10.9. The van der Waals surface area contributed by atoms with Crippen molar-refractivity contribution in [3.8, 4) is 0 Å². The van der Waals surface area contributed by atoms with Crippen molar-refractivity contribution >= 4 is 11.8 Å². The number of hydrogen-bond donors (Lipinski definition) is 1. The van der Waals surface area contributed by atoms with E-state index in [2.05, 4.69) is 0 Å². The number of carbonyl (C=O) groups excluding carboxylic acids is 2. The van der Waals surface area contributed by atoms with E-state index in [1.807, 2.05) is 13.8 Å². The summed E-state index contributed by atoms with van der Waals surface area (Å²) in [5, 5.41) is 1.80. The van der Waals surface area contributed by atoms with E-state index in [0.717, 1.165) is 11.1 Å². The van der Waals surface area contributed by atoms with Gasteiger partial charge < -0.3 is 10.2 Å². The molecule has 0 saturated carbocycles. The van der Waals surface area contributed by atoms with E-state index in [1.54, 1.807) is 24.5 Å². The van der Waals surface area contributed by atoms with Crippen LogP contribution < -0.4 is 5.32 Å². The third kappa shape index (κ3) is 6.99. The lowest BCUT2D eigenvalue weighted by molar-refractivity contribution is -0.125. The average molecular weight is 328 g/mol. The molecular weight excluding hydrogens is 309 g/mol. The second-order valence-corrected chi connectivity index (χ2v) is 5.41. The summed E-state index contributed by atoms with van der Waals surface area (Å²) in [6.07, 6.45) is -2.93. The molecule has 2 amide bonds. The molecular formula is C16H19F3N2O2. The Morgan fingerprint density at radius 1 is 1.17 bits per heavy atom. The highest BCUT2D eigenvalue weighted by atomic mass is 19.4. The van der Waals surface area contributed by atoms with Gasteiger partial charge in [0.2, 0.25) is 5.91 Å². The zero-order valence-electron chi connectivity index (χ0n) is 13.2. The third-order valence-electron chi connectivity index (χ3n) is 2.87. The molecule has 0 heterocycles. The number of allylic oxidation sites excluding steroid dienone is 1. The summed E-state index contributed by atoms with van der Waals surface area (Å²) in [4.78, 5) is 24.9. The summed E-state index contributed by atoms with van der Waals surface area (Å²) in [7, 11) is 1.64. The zero-order valence-corrected chi connectivity index (χ0v) is 13.2. The summed E-state index contributed by atoms with van der Waals surface area (Å²) >= 11 is 0. The number of benzene rings is 1. The first-order valence-corrected chi connectivity index (χ1v) is 6.92. The van der Waals surface area contributed by atoms with Gasteiger partial charge in [-0.15, -0.1) is 0 Å². The van der Waals surface area contributed by atoms with Crippen LogP contribution in [0.25, 0.3) is 0 Å². The van der Waals surface area contributed by atoms with Crippen LogP contribution in [0.3, 0.4) is 0 Å². The molecule has 4 nitrogen and oxygen atoms in total. The van der Waals surface area contributed by atoms with Gasteiger partial charge in [-0.25, -0.2) is 0 Å². The minimum Gasteiger partial charge on any atom is -0.343 e. The van der Waals surface area contributed by atoms with E-state index in [-0.39, 0.29) is 11.5 Å². The van der Waals surface area contributed by atoms with E-state index < -0.39 is 18.6 Å². The molecule has 0 spiro atoms. The molecule has 23 heavy (non-hydrogen) atoms. The number of likely N-dealkylation sites (N-methyl/N-ethyl adjacent to an activating group) is 1. The first-order valence-electron chi connectivity index (χ1n) is 6.92. The number of nitrogens with zero attached hydrogens (tertiary/aromatic N) is 1. The van der Waals surface area contributed by atoms with Crippen molar-refractivity contribution in [1.29, 1.82) is 0 Å². The fourth-order valence-corrected chi connectivity index (χ4v) is 1.75. The molecule has 0 bridgehead atoms. The number of amides is 2. The van der Waals surface area contributed by atoms with Crippen LogP contribution in [0, 0.1) is 0 Å². The molecule has 0 fully saturated rings. The van der Waals surface area contributed by atoms with Gasteiger partial charge in [0.15, 0.2) is 0 Å². The number of halogens is 3. The number of nitrogens with one attached hydrogen (secondary N) is 1. The second-order valence-electron chi connectivity index (χ2n) is 5.41. The van der Waals surface area contributed by atoms with Crippen LogP contribution in [0.5, 0.6) is 0 Å². The van der Waals surface area contributed by atoms with Gasteiger partial charge in [-0.1, -0.05) is 17.7 Å². The van der Waals surface area contributed by atoms with E-state index in [4.69, 9.17) is 0 Å². The van der Waals surface area contributed by atoms with Crippen molar-refractivity contribution < 1.29 is 22.8 Å². The Labute approximate surface area is 133 Å². The van der Waals surface area contributed by atoms with Crippen molar-refractivity contribution in [2.24, 2.45) is 0 Å². The summed E-state index contributed by atoms with van der Waals surface area (Å²) in [6.45, 7) is 2.61. The minimum absolute atomic E-state index is 0.135. The molecule has 0 aliphatic carbocycles. The van der Waals surface area contributed by atoms with Crippen LogP contribution in [0.15, 0.2) is 35.9 Å². The van der Waals surface area contributed by atoms with Crippen molar-refractivity contribution in [2.45, 2.75) is 26.6 Å². The maximum absolute atomic E-state index is 12.0. The fourth-order valence-electron chi connectivity index (χ4n) is 1.75. The van der Waals surface area contributed by atoms with Gasteiger partial charge in [0, 0.05) is 25.2 Å². The molecule has 1 aromatic rings. The second kappa shape index (κ2) is 7.80. The summed E-state index contributed by atoms with van der Waals surface area (Å²) < 4.78 is 36.1. The number of carbonyl (C=O) groups is 2. The molecule has 126 valence electrons. The SMILES string of the molecule is CC(C)=CC(=O)N(C)Cc1ccc(C(=O)NCC(F)(F)F)cc1. The first kappa shape index (κ1) is 18.7. The lowest BCUT2D eigenvalue weighted by atomic mass is 10.1. The van der Waals surface area contributed by atoms with Gasteiger partial charge in [-0.2, -0.15) is 13.2 Å². The van der Waals surface area contributed by atoms with Crippen LogP contribution in [0.2, 0.25) is 0 Å². The average Bonchev–Trinajstić information content (AvgIpc) is 2.44. The molecule has 0 unspecified atom stereocenters. The maximum Gasteiger partial charge on any atom is 0.405 e. The molecule has 1 N–H and O–H groups in total. The highest BCUT2D eigenvalue weighted by molar-refractivity contribution is 5.94. The molecule has 0 aromatic heterocycles. The Kier molecular flexibility index (Phi) is 6.36. The Morgan fingerprint density at radius 3 is 2.22 bits per heavy atom. The highest BCUT2D eigenvalue weighted by Crippen LogP contribution is 2.13. The van der Waals surface area contributed by atoms with E-state index in [1.165, 1.54) is 23.1 Å². The van der Waals surface area contributed by atoms with Crippen molar-refractivity contribution in [3.63, 3.8) is 0 Å². The Bertz CT molecular complexity index is 588. The van der Waals surface area contributed by atoms with E-state index in [9.17, 15) is 22.8 Å². The van der Waals surface area contributed by atoms with Crippen molar-refractivity contribution in [1.82, 2.24) is 10.2 Å². The lowest BCUT2D eigenvalue weighted by Gasteiger charge is -2.16. The fraction of sp³-hybridized carbons (Fsp3) is 0.375. The summed E-state index contributed by atoms with van der Waals surface area (Å²) in [6, 6.07) is 6.07. The standard InChI is InChI=1S/C16H19F3N2O2/c1-11(2)8-14(22)21(3)9-12-4-6-13(7-5-12)15(23)20-10-16(17,18)19/h4-8H,9-10H2,1-3H3,(H,20,23). The molecule has 0 radical (unpaired) electrons. The molecule has 0 aliphatic heterocycles. The van der Waals surface area contributed by atoms with Crippen molar-refractivity contribution in [2.75, 3.05) is 13.6 Å². The number of alkyl halides is 3. The molecule has 0 atom stereocenters. The smallest absolute Gasteiger partial charge is 0.343 e. The Morgan fingerprint density at radius 2 is 1.74 bits per heavy atom. The largest absolute Gasteiger partial charge is 0.405 e. The van der Waals surface area contributed by atoms with Gasteiger partial charge in [-0.05, 0) is 31.5 Å². The predicted molar refractivity (Wildman–Crippen MR) is 80.7 cm³/mol. The van der Waals surface area contributed by atoms with Gasteiger partial charge in [-0.3, -0.25) is 9.59 Å². The first-order chi connectivity index (χ1) is 10.6. The minimum atomic E-state index is -4.44. The zero-order chi connectivity index (χ0) is 17.6. The molecule has 7 heteroatoms. The Balaban J connectivity index is 2.64. The van der Waals surface area contributed by atoms with Crippen LogP contribution in [-0.4, -0.2) is 36.5 Å². The monoisotopic (exact) mass is 328 g/mol. The number of rotatable bonds is 5. The maximum atomic E-state index is 12.0. The van der Waals surface area contributed by atoms with Crippen molar-refractivity contribution in [3.05, 3.63) is 47.0 Å². The molecule has 0 aliphatic rings. The van der Waals surface area contributed by atoms with Crippen LogP contribution >= 0.6 is 0 Å². The Hall–Kier alpha value is -2.31. The van der Waals surface area contributed by atoms with Crippen LogP contribution in [0.4, 0.5) is 13.2 Å². The van der Waals surface area contributed by atoms with Gasteiger partial charge in [0.1, 0.15) is 6.54 Å². The topological polar surface area (TPSA) is 49.4 Å². The summed E-state index contributed by atoms with van der Waals surface area (Å²) in [5.74, 6) is -0.931. The van der Waals surface area contributed by atoms with Crippen LogP contribution in [-0.2, 0) is 11.3 Å². The number of hydrogen-bond acceptors (Lipinski definition) is 2. The van der Waals surface area contributed by atoms with E-state index in [0.29, 0.717) is 6.54 Å². The lowest BCUT2D eigenvalue weighted by Crippen LogP contribution is -2.33. The third-order valence-corrected chi connectivity index (χ3v) is 2.87. The van der Waals surface area contributed by atoms with Gasteiger partial charge in [0.05, 0.1) is 0 Å². The van der Waals surface area contributed by atoms with E-state index >= 15 is 0 Å². The van der Waals surface area contributed by atoms with Crippen LogP contribution in [0.1, 0.15) is 29.8 Å². The molecule has 1 rings (SSSR count). The molecule has 0 saturated heterocycles. The highest BCUT2D eigenvalue weighted by Gasteiger charge is 2.27. The van der Waals surface area contributed by atoms with Gasteiger partial charge in [0.25, 0.3) is 5.91 Å².